The molecule has 1 N–H and O–H groups in total. The van der Waals surface area contributed by atoms with Crippen LogP contribution in [0.1, 0.15) is 33.4 Å². The van der Waals surface area contributed by atoms with Crippen molar-refractivity contribution < 1.29 is 9.21 Å². The lowest BCUT2D eigenvalue weighted by Crippen LogP contribution is -2.36. The van der Waals surface area contributed by atoms with Crippen LogP contribution >= 0.6 is 0 Å². The normalized spacial score (nSPS) is 13.5. The molecule has 0 saturated heterocycles. The van der Waals surface area contributed by atoms with Crippen molar-refractivity contribution in [2.45, 2.75) is 25.8 Å². The summed E-state index contributed by atoms with van der Waals surface area (Å²) in [6, 6.07) is 10.2. The molecule has 0 saturated carbocycles. The van der Waals surface area contributed by atoms with Gasteiger partial charge in [-0.1, -0.05) is 30.3 Å². The molecule has 3 heterocycles. The van der Waals surface area contributed by atoms with Crippen molar-refractivity contribution in [2.24, 2.45) is 0 Å². The summed E-state index contributed by atoms with van der Waals surface area (Å²) < 4.78 is 5.87. The van der Waals surface area contributed by atoms with Gasteiger partial charge in [0, 0.05) is 25.6 Å². The first-order valence-corrected chi connectivity index (χ1v) is 8.54. The zero-order valence-corrected chi connectivity index (χ0v) is 14.1. The number of rotatable bonds is 4. The van der Waals surface area contributed by atoms with E-state index in [4.69, 9.17) is 4.42 Å². The van der Waals surface area contributed by atoms with Crippen molar-refractivity contribution in [3.05, 3.63) is 81.7 Å². The predicted octanol–water partition coefficient (Wildman–Crippen LogP) is 1.74. The Kier molecular flexibility index (Phi) is 4.35. The number of aromatic amines is 1. The van der Waals surface area contributed by atoms with Crippen LogP contribution in [0.15, 0.2) is 51.9 Å². The number of nitrogens with one attached hydrogen (secondary N) is 1. The van der Waals surface area contributed by atoms with Crippen molar-refractivity contribution in [1.82, 2.24) is 19.9 Å². The highest BCUT2D eigenvalue weighted by molar-refractivity contribution is 5.92. The molecule has 1 amide bonds. The van der Waals surface area contributed by atoms with Gasteiger partial charge in [0.05, 0.1) is 12.7 Å². The minimum atomic E-state index is -0.331. The summed E-state index contributed by atoms with van der Waals surface area (Å²) in [5, 5.41) is 0. The molecule has 0 unspecified atom stereocenters. The van der Waals surface area contributed by atoms with Crippen LogP contribution in [0.5, 0.6) is 0 Å². The second-order valence-corrected chi connectivity index (χ2v) is 6.24. The number of aryl methyl sites for hydroxylation is 2. The van der Waals surface area contributed by atoms with Gasteiger partial charge in [0.25, 0.3) is 11.5 Å². The Bertz CT molecular complexity index is 957. The molecule has 0 bridgehead atoms. The molecule has 0 spiro atoms. The Morgan fingerprint density at radius 2 is 2.08 bits per heavy atom. The van der Waals surface area contributed by atoms with Crippen molar-refractivity contribution in [3.63, 3.8) is 0 Å². The van der Waals surface area contributed by atoms with Crippen LogP contribution in [0.2, 0.25) is 0 Å². The van der Waals surface area contributed by atoms with Crippen LogP contribution in [0.25, 0.3) is 0 Å². The van der Waals surface area contributed by atoms with Crippen LogP contribution in [-0.4, -0.2) is 32.3 Å². The third-order valence-corrected chi connectivity index (χ3v) is 4.42. The summed E-state index contributed by atoms with van der Waals surface area (Å²) in [4.78, 5) is 36.2. The van der Waals surface area contributed by atoms with Crippen LogP contribution in [-0.2, 0) is 25.8 Å². The number of aromatic nitrogens is 3. The van der Waals surface area contributed by atoms with Gasteiger partial charge in [0.1, 0.15) is 17.1 Å². The van der Waals surface area contributed by atoms with Gasteiger partial charge in [0.2, 0.25) is 0 Å². The molecule has 0 aliphatic carbocycles. The Labute approximate surface area is 149 Å². The van der Waals surface area contributed by atoms with Gasteiger partial charge >= 0.3 is 0 Å². The van der Waals surface area contributed by atoms with Crippen molar-refractivity contribution in [3.8, 4) is 0 Å². The van der Waals surface area contributed by atoms with Gasteiger partial charge in [-0.05, 0) is 12.0 Å². The molecule has 4 rings (SSSR count). The number of oxazole rings is 1. The molecule has 1 aliphatic heterocycles. The zero-order chi connectivity index (χ0) is 17.9. The van der Waals surface area contributed by atoms with E-state index in [-0.39, 0.29) is 17.2 Å². The summed E-state index contributed by atoms with van der Waals surface area (Å²) in [6.45, 7) is 0.934. The number of amides is 1. The van der Waals surface area contributed by atoms with E-state index in [0.29, 0.717) is 25.4 Å². The monoisotopic (exact) mass is 350 g/mol. The van der Waals surface area contributed by atoms with Crippen LogP contribution < -0.4 is 5.56 Å². The molecule has 7 heteroatoms. The minimum Gasteiger partial charge on any atom is -0.445 e. The number of hydrogen-bond acceptors (Lipinski definition) is 5. The van der Waals surface area contributed by atoms with Gasteiger partial charge in [0.15, 0.2) is 5.89 Å². The molecule has 2 aromatic heterocycles. The number of hydrogen-bond donors (Lipinski definition) is 1. The Hall–Kier alpha value is -3.22. The fourth-order valence-electron chi connectivity index (χ4n) is 3.05. The smallest absolute Gasteiger partial charge is 0.274 e. The number of nitrogens with zero attached hydrogens (tertiary/aromatic N) is 3. The van der Waals surface area contributed by atoms with Crippen molar-refractivity contribution in [1.29, 1.82) is 0 Å². The fourth-order valence-corrected chi connectivity index (χ4v) is 3.05. The van der Waals surface area contributed by atoms with Gasteiger partial charge in [-0.15, -0.1) is 0 Å². The molecule has 1 aromatic carbocycles. The molecule has 3 aromatic rings. The highest BCUT2D eigenvalue weighted by Gasteiger charge is 2.26. The number of H-pyrrole nitrogens is 1. The van der Waals surface area contributed by atoms with Crippen molar-refractivity contribution in [2.75, 3.05) is 6.54 Å². The molecule has 1 aliphatic rings. The zero-order valence-electron chi connectivity index (χ0n) is 14.1. The standard InChI is InChI=1S/C19H18N4O3/c24-17-11-20-14(10-21-17)19(25)23-9-8-16-15(12-23)22-18(26-16)7-6-13-4-2-1-3-5-13/h1-5,10-11H,6-9,12H2,(H,21,24). The molecule has 7 nitrogen and oxygen atoms in total. The highest BCUT2D eigenvalue weighted by atomic mass is 16.4. The molecule has 132 valence electrons. The third-order valence-electron chi connectivity index (χ3n) is 4.42. The van der Waals surface area contributed by atoms with Gasteiger partial charge in [-0.3, -0.25) is 9.59 Å². The topological polar surface area (TPSA) is 92.1 Å². The summed E-state index contributed by atoms with van der Waals surface area (Å²) in [5.41, 5.74) is 1.93. The summed E-state index contributed by atoms with van der Waals surface area (Å²) >= 11 is 0. The van der Waals surface area contributed by atoms with Gasteiger partial charge in [-0.25, -0.2) is 9.97 Å². The van der Waals surface area contributed by atoms with Crippen LogP contribution in [0.4, 0.5) is 0 Å². The lowest BCUT2D eigenvalue weighted by molar-refractivity contribution is 0.0721. The first kappa shape index (κ1) is 16.3. The van der Waals surface area contributed by atoms with E-state index < -0.39 is 0 Å². The van der Waals surface area contributed by atoms with Gasteiger partial charge in [-0.2, -0.15) is 0 Å². The quantitative estimate of drug-likeness (QED) is 0.774. The maximum Gasteiger partial charge on any atom is 0.274 e. The maximum atomic E-state index is 12.5. The average molecular weight is 350 g/mol. The van der Waals surface area contributed by atoms with E-state index >= 15 is 0 Å². The maximum absolute atomic E-state index is 12.5. The van der Waals surface area contributed by atoms with E-state index in [1.54, 1.807) is 4.90 Å². The first-order chi connectivity index (χ1) is 12.7. The highest BCUT2D eigenvalue weighted by Crippen LogP contribution is 2.21. The largest absolute Gasteiger partial charge is 0.445 e. The second kappa shape index (κ2) is 6.95. The Morgan fingerprint density at radius 3 is 2.85 bits per heavy atom. The summed E-state index contributed by atoms with van der Waals surface area (Å²) in [5.74, 6) is 1.34. The third kappa shape index (κ3) is 3.42. The molecule has 26 heavy (non-hydrogen) atoms. The van der Waals surface area contributed by atoms with Crippen molar-refractivity contribution >= 4 is 5.91 Å². The number of fused-ring (bicyclic) bond motifs is 1. The van der Waals surface area contributed by atoms with Gasteiger partial charge < -0.3 is 14.3 Å². The Balaban J connectivity index is 1.43. The summed E-state index contributed by atoms with van der Waals surface area (Å²) in [7, 11) is 0. The minimum absolute atomic E-state index is 0.222. The van der Waals surface area contributed by atoms with Crippen LogP contribution in [0, 0.1) is 0 Å². The SMILES string of the molecule is O=C(c1c[nH]c(=O)cn1)N1CCc2oc(CCc3ccccc3)nc2C1. The average Bonchev–Trinajstić information content (AvgIpc) is 3.09. The van der Waals surface area contributed by atoms with E-state index in [2.05, 4.69) is 27.1 Å². The van der Waals surface area contributed by atoms with E-state index in [9.17, 15) is 9.59 Å². The number of carbonyl (C=O) groups is 1. The first-order valence-electron chi connectivity index (χ1n) is 8.54. The molecule has 0 radical (unpaired) electrons. The number of carbonyl (C=O) groups excluding carboxylic acids is 1. The molecular formula is C19H18N4O3. The number of benzene rings is 1. The van der Waals surface area contributed by atoms with E-state index in [1.807, 2.05) is 18.2 Å². The lowest BCUT2D eigenvalue weighted by atomic mass is 10.1. The molecule has 0 atom stereocenters. The predicted molar refractivity (Wildman–Crippen MR) is 93.7 cm³/mol. The van der Waals surface area contributed by atoms with E-state index in [1.165, 1.54) is 11.8 Å². The molecule has 0 fully saturated rings. The Morgan fingerprint density at radius 1 is 1.23 bits per heavy atom. The fraction of sp³-hybridized carbons (Fsp3) is 0.263. The second-order valence-electron chi connectivity index (χ2n) is 6.24. The van der Waals surface area contributed by atoms with Crippen LogP contribution in [0.3, 0.4) is 0 Å². The summed E-state index contributed by atoms with van der Waals surface area (Å²) in [6.07, 6.45) is 4.67. The molecular weight excluding hydrogens is 332 g/mol. The lowest BCUT2D eigenvalue weighted by Gasteiger charge is -2.24. The van der Waals surface area contributed by atoms with E-state index in [0.717, 1.165) is 30.5 Å².